The molecule has 2 heterocycles. The molecule has 2 aromatic carbocycles. The minimum atomic E-state index is 0.554. The fourth-order valence-electron chi connectivity index (χ4n) is 3.41. The first-order valence-corrected chi connectivity index (χ1v) is 8.95. The average Bonchev–Trinajstić information content (AvgIpc) is 3.20. The third-order valence-corrected chi connectivity index (χ3v) is 4.78. The summed E-state index contributed by atoms with van der Waals surface area (Å²) in [5.41, 5.74) is 5.11. The van der Waals surface area contributed by atoms with Gasteiger partial charge in [-0.2, -0.15) is 5.26 Å². The highest BCUT2D eigenvalue weighted by molar-refractivity contribution is 5.89. The van der Waals surface area contributed by atoms with Crippen LogP contribution in [0.15, 0.2) is 60.8 Å². The van der Waals surface area contributed by atoms with Gasteiger partial charge in [-0.15, -0.1) is 0 Å². The highest BCUT2D eigenvalue weighted by Crippen LogP contribution is 2.37. The molecule has 5 nitrogen and oxygen atoms in total. The molecule has 2 aromatic heterocycles. The van der Waals surface area contributed by atoms with E-state index in [-0.39, 0.29) is 0 Å². The fraction of sp³-hybridized carbons (Fsp3) is 0.130. The number of nitrogens with zero attached hydrogens (tertiary/aromatic N) is 3. The maximum atomic E-state index is 9.90. The van der Waals surface area contributed by atoms with Gasteiger partial charge < -0.3 is 14.6 Å². The Morgan fingerprint density at radius 3 is 2.61 bits per heavy atom. The number of aromatic nitrogens is 2. The van der Waals surface area contributed by atoms with Gasteiger partial charge >= 0.3 is 0 Å². The highest BCUT2D eigenvalue weighted by atomic mass is 16.5. The molecule has 0 spiro atoms. The summed E-state index contributed by atoms with van der Waals surface area (Å²) in [6.07, 6.45) is 1.91. The monoisotopic (exact) mass is 368 g/mol. The van der Waals surface area contributed by atoms with Crippen LogP contribution in [0.3, 0.4) is 0 Å². The number of benzene rings is 2. The summed E-state index contributed by atoms with van der Waals surface area (Å²) in [5, 5.41) is 11.0. The summed E-state index contributed by atoms with van der Waals surface area (Å²) in [6.45, 7) is 0. The molecule has 0 unspecified atom stereocenters. The smallest absolute Gasteiger partial charge is 0.147 e. The molecule has 0 aliphatic heterocycles. The molecule has 0 aliphatic rings. The van der Waals surface area contributed by atoms with E-state index in [2.05, 4.69) is 17.1 Å². The topological polar surface area (TPSA) is 64.9 Å². The Morgan fingerprint density at radius 1 is 1.04 bits per heavy atom. The lowest BCUT2D eigenvalue weighted by Crippen LogP contribution is -2.14. The summed E-state index contributed by atoms with van der Waals surface area (Å²) in [7, 11) is 5.44. The van der Waals surface area contributed by atoms with Crippen LogP contribution in [0.25, 0.3) is 33.3 Å². The zero-order chi connectivity index (χ0) is 19.7. The van der Waals surface area contributed by atoms with Crippen LogP contribution in [0.1, 0.15) is 5.56 Å². The second-order valence-electron chi connectivity index (χ2n) is 6.74. The summed E-state index contributed by atoms with van der Waals surface area (Å²) in [5.74, 6) is 1.38. The van der Waals surface area contributed by atoms with Crippen molar-refractivity contribution in [2.75, 3.05) is 26.1 Å². The van der Waals surface area contributed by atoms with Gasteiger partial charge in [0.25, 0.3) is 0 Å². The van der Waals surface area contributed by atoms with Gasteiger partial charge in [0.1, 0.15) is 23.2 Å². The summed E-state index contributed by atoms with van der Waals surface area (Å²) in [6, 6.07) is 20.3. The Labute approximate surface area is 163 Å². The van der Waals surface area contributed by atoms with Crippen LogP contribution in [-0.2, 0) is 0 Å². The second-order valence-corrected chi connectivity index (χ2v) is 6.74. The highest BCUT2D eigenvalue weighted by Gasteiger charge is 2.18. The van der Waals surface area contributed by atoms with Crippen molar-refractivity contribution in [1.29, 1.82) is 5.26 Å². The molecule has 0 fully saturated rings. The Balaban J connectivity index is 2.01. The quantitative estimate of drug-likeness (QED) is 0.560. The molecule has 0 radical (unpaired) electrons. The lowest BCUT2D eigenvalue weighted by molar-refractivity contribution is 0.416. The van der Waals surface area contributed by atoms with E-state index in [4.69, 9.17) is 9.72 Å². The van der Waals surface area contributed by atoms with Crippen molar-refractivity contribution in [2.24, 2.45) is 0 Å². The van der Waals surface area contributed by atoms with Gasteiger partial charge in [0.2, 0.25) is 0 Å². The van der Waals surface area contributed by atoms with Gasteiger partial charge in [-0.1, -0.05) is 18.2 Å². The zero-order valence-corrected chi connectivity index (χ0v) is 16.0. The van der Waals surface area contributed by atoms with Crippen molar-refractivity contribution in [2.45, 2.75) is 0 Å². The molecule has 5 heteroatoms. The molecule has 0 aliphatic carbocycles. The maximum Gasteiger partial charge on any atom is 0.147 e. The minimum absolute atomic E-state index is 0.554. The SMILES string of the molecule is COc1ccccc1-c1cc(-c2ccc3[nH]ccc3c2)c(C#N)c(N(C)C)n1. The summed E-state index contributed by atoms with van der Waals surface area (Å²) >= 11 is 0. The van der Waals surface area contributed by atoms with Gasteiger partial charge in [0, 0.05) is 36.9 Å². The minimum Gasteiger partial charge on any atom is -0.496 e. The number of anilines is 1. The number of aromatic amines is 1. The van der Waals surface area contributed by atoms with Crippen molar-refractivity contribution >= 4 is 16.7 Å². The molecule has 0 atom stereocenters. The van der Waals surface area contributed by atoms with E-state index in [9.17, 15) is 5.26 Å². The van der Waals surface area contributed by atoms with Crippen LogP contribution >= 0.6 is 0 Å². The summed E-state index contributed by atoms with van der Waals surface area (Å²) < 4.78 is 5.53. The van der Waals surface area contributed by atoms with Gasteiger partial charge in [0.05, 0.1) is 12.8 Å². The number of rotatable bonds is 4. The Kier molecular flexibility index (Phi) is 4.46. The van der Waals surface area contributed by atoms with Crippen molar-refractivity contribution < 1.29 is 4.74 Å². The molecular weight excluding hydrogens is 348 g/mol. The van der Waals surface area contributed by atoms with Crippen molar-refractivity contribution in [3.8, 4) is 34.2 Å². The van der Waals surface area contributed by atoms with Crippen LogP contribution in [0, 0.1) is 11.3 Å². The number of methoxy groups -OCH3 is 1. The van der Waals surface area contributed by atoms with Crippen LogP contribution in [0.5, 0.6) is 5.75 Å². The first-order chi connectivity index (χ1) is 13.6. The van der Waals surface area contributed by atoms with E-state index in [0.717, 1.165) is 39.0 Å². The van der Waals surface area contributed by atoms with E-state index in [1.54, 1.807) is 7.11 Å². The van der Waals surface area contributed by atoms with E-state index < -0.39 is 0 Å². The van der Waals surface area contributed by atoms with Crippen LogP contribution in [-0.4, -0.2) is 31.2 Å². The van der Waals surface area contributed by atoms with Gasteiger partial charge in [-0.25, -0.2) is 4.98 Å². The lowest BCUT2D eigenvalue weighted by Gasteiger charge is -2.18. The Bertz CT molecular complexity index is 1200. The first kappa shape index (κ1) is 17.6. The predicted molar refractivity (Wildman–Crippen MR) is 113 cm³/mol. The molecule has 0 bridgehead atoms. The Hall–Kier alpha value is -3.78. The van der Waals surface area contributed by atoms with E-state index in [1.807, 2.05) is 73.7 Å². The standard InChI is InChI=1S/C23H20N4O/c1-27(2)23-19(14-24)18(15-8-9-20-16(12-15)10-11-25-20)13-21(26-23)17-6-4-5-7-22(17)28-3/h4-13,25H,1-3H3. The third kappa shape index (κ3) is 2.95. The molecule has 28 heavy (non-hydrogen) atoms. The maximum absolute atomic E-state index is 9.90. The number of hydrogen-bond acceptors (Lipinski definition) is 4. The molecule has 1 N–H and O–H groups in total. The van der Waals surface area contributed by atoms with Gasteiger partial charge in [-0.05, 0) is 47.3 Å². The molecular formula is C23H20N4O. The molecule has 4 rings (SSSR count). The fourth-order valence-corrected chi connectivity index (χ4v) is 3.41. The number of fused-ring (bicyclic) bond motifs is 1. The first-order valence-electron chi connectivity index (χ1n) is 8.95. The number of hydrogen-bond donors (Lipinski definition) is 1. The number of ether oxygens (including phenoxy) is 1. The van der Waals surface area contributed by atoms with Crippen molar-refractivity contribution in [3.63, 3.8) is 0 Å². The van der Waals surface area contributed by atoms with Crippen molar-refractivity contribution in [1.82, 2.24) is 9.97 Å². The number of nitriles is 1. The number of H-pyrrole nitrogens is 1. The number of nitrogens with one attached hydrogen (secondary N) is 1. The number of pyridine rings is 1. The van der Waals surface area contributed by atoms with E-state index in [0.29, 0.717) is 11.4 Å². The van der Waals surface area contributed by atoms with Crippen LogP contribution < -0.4 is 9.64 Å². The van der Waals surface area contributed by atoms with Gasteiger partial charge in [-0.3, -0.25) is 0 Å². The van der Waals surface area contributed by atoms with E-state index >= 15 is 0 Å². The molecule has 4 aromatic rings. The predicted octanol–water partition coefficient (Wildman–Crippen LogP) is 4.84. The largest absolute Gasteiger partial charge is 0.496 e. The Morgan fingerprint density at radius 2 is 1.86 bits per heavy atom. The van der Waals surface area contributed by atoms with E-state index in [1.165, 1.54) is 0 Å². The number of para-hydroxylation sites is 1. The van der Waals surface area contributed by atoms with Gasteiger partial charge in [0.15, 0.2) is 0 Å². The summed E-state index contributed by atoms with van der Waals surface area (Å²) in [4.78, 5) is 9.86. The normalized spacial score (nSPS) is 10.6. The average molecular weight is 368 g/mol. The third-order valence-electron chi connectivity index (χ3n) is 4.78. The van der Waals surface area contributed by atoms with Crippen LogP contribution in [0.2, 0.25) is 0 Å². The molecule has 0 saturated carbocycles. The second kappa shape index (κ2) is 7.09. The van der Waals surface area contributed by atoms with Crippen LogP contribution in [0.4, 0.5) is 5.82 Å². The molecule has 138 valence electrons. The zero-order valence-electron chi connectivity index (χ0n) is 16.0. The molecule has 0 saturated heterocycles. The lowest BCUT2D eigenvalue weighted by atomic mass is 9.97. The van der Waals surface area contributed by atoms with Crippen molar-refractivity contribution in [3.05, 3.63) is 66.4 Å². The molecule has 0 amide bonds.